The van der Waals surface area contributed by atoms with Crippen LogP contribution in [0.2, 0.25) is 0 Å². The molecule has 1 aromatic rings. The van der Waals surface area contributed by atoms with Crippen LogP contribution < -0.4 is 10.1 Å². The van der Waals surface area contributed by atoms with Gasteiger partial charge in [0.1, 0.15) is 11.3 Å². The first-order chi connectivity index (χ1) is 12.1. The van der Waals surface area contributed by atoms with Gasteiger partial charge in [-0.15, -0.1) is 0 Å². The Hall–Kier alpha value is -2.28. The van der Waals surface area contributed by atoms with Crippen molar-refractivity contribution in [2.45, 2.75) is 13.0 Å². The van der Waals surface area contributed by atoms with Gasteiger partial charge in [0, 0.05) is 39.7 Å². The average Bonchev–Trinajstić information content (AvgIpc) is 3.14. The van der Waals surface area contributed by atoms with Crippen LogP contribution in [0, 0.1) is 5.92 Å². The Balaban J connectivity index is 1.99. The third-order valence-electron chi connectivity index (χ3n) is 4.25. The first kappa shape index (κ1) is 19.1. The largest absolute Gasteiger partial charge is 0.496 e. The monoisotopic (exact) mass is 349 g/mol. The molecule has 2 rings (SSSR count). The Labute approximate surface area is 149 Å². The molecule has 0 spiro atoms. The molecule has 1 aliphatic heterocycles. The molecule has 0 amide bonds. The molecule has 7 nitrogen and oxygen atoms in total. The van der Waals surface area contributed by atoms with Crippen LogP contribution in [0.1, 0.15) is 22.3 Å². The maximum atomic E-state index is 11.9. The number of hydrogen-bond donors (Lipinski definition) is 1. The highest BCUT2D eigenvalue weighted by molar-refractivity contribution is 5.92. The summed E-state index contributed by atoms with van der Waals surface area (Å²) in [5.74, 6) is 1.43. The zero-order valence-corrected chi connectivity index (χ0v) is 15.4. The number of nitrogens with zero attached hydrogens (tertiary/aromatic N) is 2. The van der Waals surface area contributed by atoms with E-state index in [0.717, 1.165) is 37.7 Å². The lowest BCUT2D eigenvalue weighted by Crippen LogP contribution is -2.41. The van der Waals surface area contributed by atoms with E-state index in [0.29, 0.717) is 23.8 Å². The zero-order chi connectivity index (χ0) is 18.2. The van der Waals surface area contributed by atoms with E-state index in [2.05, 4.69) is 15.2 Å². The molecule has 0 aromatic heterocycles. The van der Waals surface area contributed by atoms with Crippen molar-refractivity contribution in [2.75, 3.05) is 48.1 Å². The molecule has 0 radical (unpaired) electrons. The molecule has 7 heteroatoms. The third kappa shape index (κ3) is 5.09. The predicted octanol–water partition coefficient (Wildman–Crippen LogP) is 1.53. The molecule has 0 aliphatic carbocycles. The lowest BCUT2D eigenvalue weighted by Gasteiger charge is -2.24. The van der Waals surface area contributed by atoms with Gasteiger partial charge in [-0.1, -0.05) is 6.07 Å². The number of esters is 1. The summed E-state index contributed by atoms with van der Waals surface area (Å²) in [6.45, 7) is 3.09. The quantitative estimate of drug-likeness (QED) is 0.477. The molecule has 1 unspecified atom stereocenters. The second-order valence-corrected chi connectivity index (χ2v) is 6.04. The Kier molecular flexibility index (Phi) is 7.06. The van der Waals surface area contributed by atoms with Crippen LogP contribution in [0.4, 0.5) is 0 Å². The van der Waals surface area contributed by atoms with Crippen LogP contribution in [0.5, 0.6) is 5.75 Å². The van der Waals surface area contributed by atoms with Crippen molar-refractivity contribution < 1.29 is 19.0 Å². The summed E-state index contributed by atoms with van der Waals surface area (Å²) >= 11 is 0. The summed E-state index contributed by atoms with van der Waals surface area (Å²) < 4.78 is 15.5. The van der Waals surface area contributed by atoms with Gasteiger partial charge in [-0.3, -0.25) is 4.99 Å². The van der Waals surface area contributed by atoms with Crippen LogP contribution in [-0.4, -0.2) is 64.9 Å². The average molecular weight is 349 g/mol. The van der Waals surface area contributed by atoms with E-state index in [-0.39, 0.29) is 0 Å². The van der Waals surface area contributed by atoms with Gasteiger partial charge in [0.25, 0.3) is 0 Å². The normalized spacial score (nSPS) is 17.3. The Morgan fingerprint density at radius 1 is 1.44 bits per heavy atom. The maximum Gasteiger partial charge on any atom is 0.341 e. The number of methoxy groups -OCH3 is 2. The van der Waals surface area contributed by atoms with Gasteiger partial charge in [-0.25, -0.2) is 4.79 Å². The van der Waals surface area contributed by atoms with Crippen molar-refractivity contribution >= 4 is 11.9 Å². The van der Waals surface area contributed by atoms with E-state index >= 15 is 0 Å². The lowest BCUT2D eigenvalue weighted by atomic mass is 10.1. The second-order valence-electron chi connectivity index (χ2n) is 6.04. The van der Waals surface area contributed by atoms with Crippen molar-refractivity contribution in [3.05, 3.63) is 29.3 Å². The minimum atomic E-state index is -0.415. The summed E-state index contributed by atoms with van der Waals surface area (Å²) in [7, 11) is 6.67. The fourth-order valence-corrected chi connectivity index (χ4v) is 2.90. The topological polar surface area (TPSA) is 72.4 Å². The van der Waals surface area contributed by atoms with Gasteiger partial charge in [-0.05, 0) is 24.1 Å². The van der Waals surface area contributed by atoms with Crippen LogP contribution in [0.25, 0.3) is 0 Å². The number of benzene rings is 1. The highest BCUT2D eigenvalue weighted by atomic mass is 16.5. The maximum absolute atomic E-state index is 11.9. The van der Waals surface area contributed by atoms with Gasteiger partial charge in [0.05, 0.1) is 20.8 Å². The number of aliphatic imine (C=N–C) groups is 1. The molecule has 1 atom stereocenters. The summed E-state index contributed by atoms with van der Waals surface area (Å²) in [6, 6.07) is 5.46. The van der Waals surface area contributed by atoms with E-state index in [4.69, 9.17) is 14.2 Å². The van der Waals surface area contributed by atoms with Gasteiger partial charge < -0.3 is 24.4 Å². The Bertz CT molecular complexity index is 612. The summed E-state index contributed by atoms with van der Waals surface area (Å²) in [6.07, 6.45) is 1.09. The molecule has 1 heterocycles. The number of rotatable bonds is 6. The zero-order valence-electron chi connectivity index (χ0n) is 15.4. The van der Waals surface area contributed by atoms with Crippen molar-refractivity contribution in [3.63, 3.8) is 0 Å². The molecule has 138 valence electrons. The van der Waals surface area contributed by atoms with Crippen LogP contribution >= 0.6 is 0 Å². The molecule has 1 saturated heterocycles. The van der Waals surface area contributed by atoms with Crippen molar-refractivity contribution in [3.8, 4) is 5.75 Å². The van der Waals surface area contributed by atoms with Crippen LogP contribution in [-0.2, 0) is 16.0 Å². The minimum absolute atomic E-state index is 0.413. The van der Waals surface area contributed by atoms with Crippen LogP contribution in [0.3, 0.4) is 0 Å². The van der Waals surface area contributed by atoms with E-state index in [1.807, 2.05) is 13.1 Å². The Morgan fingerprint density at radius 2 is 2.24 bits per heavy atom. The molecular formula is C18H27N3O4. The smallest absolute Gasteiger partial charge is 0.341 e. The molecule has 1 N–H and O–H groups in total. The van der Waals surface area contributed by atoms with Crippen molar-refractivity contribution in [1.29, 1.82) is 0 Å². The molecule has 1 aliphatic rings. The number of carbonyl (C=O) groups is 1. The lowest BCUT2D eigenvalue weighted by molar-refractivity contribution is 0.0597. The second kappa shape index (κ2) is 9.27. The fraction of sp³-hybridized carbons (Fsp3) is 0.556. The summed E-state index contributed by atoms with van der Waals surface area (Å²) in [4.78, 5) is 18.3. The van der Waals surface area contributed by atoms with Crippen molar-refractivity contribution in [2.24, 2.45) is 10.9 Å². The Morgan fingerprint density at radius 3 is 2.84 bits per heavy atom. The highest BCUT2D eigenvalue weighted by Crippen LogP contribution is 2.21. The summed E-state index contributed by atoms with van der Waals surface area (Å²) in [5, 5.41) is 3.32. The number of ether oxygens (including phenoxy) is 3. The van der Waals surface area contributed by atoms with E-state index in [1.165, 1.54) is 14.2 Å². The van der Waals surface area contributed by atoms with Gasteiger partial charge >= 0.3 is 5.97 Å². The number of hydrogen-bond acceptors (Lipinski definition) is 5. The molecular weight excluding hydrogens is 322 g/mol. The summed E-state index contributed by atoms with van der Waals surface area (Å²) in [5.41, 5.74) is 1.36. The first-order valence-corrected chi connectivity index (χ1v) is 8.33. The SMILES string of the molecule is CN=C(NCc1ccc(OC)c(C(=O)OC)c1)N(C)CC1CCOC1. The van der Waals surface area contributed by atoms with Gasteiger partial charge in [0.2, 0.25) is 0 Å². The van der Waals surface area contributed by atoms with Gasteiger partial charge in [0.15, 0.2) is 5.96 Å². The standard InChI is InChI=1S/C18H27N3O4/c1-19-18(21(2)11-14-7-8-25-12-14)20-10-13-5-6-16(23-3)15(9-13)17(22)24-4/h5-6,9,14H,7-8,10-12H2,1-4H3,(H,19,20). The number of guanidine groups is 1. The minimum Gasteiger partial charge on any atom is -0.496 e. The van der Waals surface area contributed by atoms with E-state index in [1.54, 1.807) is 19.2 Å². The van der Waals surface area contributed by atoms with E-state index in [9.17, 15) is 4.79 Å². The van der Waals surface area contributed by atoms with Crippen molar-refractivity contribution in [1.82, 2.24) is 10.2 Å². The first-order valence-electron chi connectivity index (χ1n) is 8.33. The van der Waals surface area contributed by atoms with Gasteiger partial charge in [-0.2, -0.15) is 0 Å². The third-order valence-corrected chi connectivity index (χ3v) is 4.25. The molecule has 25 heavy (non-hydrogen) atoms. The van der Waals surface area contributed by atoms with E-state index < -0.39 is 5.97 Å². The highest BCUT2D eigenvalue weighted by Gasteiger charge is 2.19. The predicted molar refractivity (Wildman–Crippen MR) is 96.1 cm³/mol. The number of nitrogens with one attached hydrogen (secondary N) is 1. The molecule has 1 fully saturated rings. The molecule has 1 aromatic carbocycles. The molecule has 0 bridgehead atoms. The number of carbonyl (C=O) groups excluding carboxylic acids is 1. The fourth-order valence-electron chi connectivity index (χ4n) is 2.90. The van der Waals surface area contributed by atoms with Crippen LogP contribution in [0.15, 0.2) is 23.2 Å². The molecule has 0 saturated carbocycles.